The van der Waals surface area contributed by atoms with Crippen LogP contribution in [0.15, 0.2) is 34.1 Å². The second-order valence-electron chi connectivity index (χ2n) is 4.81. The van der Waals surface area contributed by atoms with Crippen LogP contribution >= 0.6 is 11.8 Å². The highest BCUT2D eigenvalue weighted by Crippen LogP contribution is 2.27. The van der Waals surface area contributed by atoms with Gasteiger partial charge >= 0.3 is 0 Å². The molecular weight excluding hydrogens is 282 g/mol. The van der Waals surface area contributed by atoms with E-state index in [0.717, 1.165) is 24.2 Å². The summed E-state index contributed by atoms with van der Waals surface area (Å²) in [5.74, 6) is 0. The highest BCUT2D eigenvalue weighted by Gasteiger charge is 2.27. The SMILES string of the molecule is CC(CCO)Sc1ccc(S(=O)(=O)NC2CC2)cc1. The van der Waals surface area contributed by atoms with Crippen LogP contribution in [0.3, 0.4) is 0 Å². The van der Waals surface area contributed by atoms with Gasteiger partial charge in [0, 0.05) is 22.8 Å². The first-order valence-electron chi connectivity index (χ1n) is 6.41. The second kappa shape index (κ2) is 6.26. The first-order valence-corrected chi connectivity index (χ1v) is 8.77. The quantitative estimate of drug-likeness (QED) is 0.756. The van der Waals surface area contributed by atoms with E-state index in [4.69, 9.17) is 5.11 Å². The van der Waals surface area contributed by atoms with Gasteiger partial charge in [-0.2, -0.15) is 0 Å². The molecule has 1 unspecified atom stereocenters. The van der Waals surface area contributed by atoms with Crippen LogP contribution in [0.1, 0.15) is 26.2 Å². The van der Waals surface area contributed by atoms with Gasteiger partial charge in [0.05, 0.1) is 4.90 Å². The number of sulfonamides is 1. The Morgan fingerprint density at radius 1 is 1.37 bits per heavy atom. The number of benzene rings is 1. The molecule has 0 heterocycles. The summed E-state index contributed by atoms with van der Waals surface area (Å²) in [5.41, 5.74) is 0. The summed E-state index contributed by atoms with van der Waals surface area (Å²) in [6, 6.07) is 7.04. The number of rotatable bonds is 7. The van der Waals surface area contributed by atoms with Gasteiger partial charge in [0.15, 0.2) is 0 Å². The van der Waals surface area contributed by atoms with E-state index in [-0.39, 0.29) is 12.6 Å². The van der Waals surface area contributed by atoms with E-state index >= 15 is 0 Å². The van der Waals surface area contributed by atoms with Crippen molar-refractivity contribution < 1.29 is 13.5 Å². The third kappa shape index (κ3) is 4.49. The molecule has 1 aliphatic rings. The van der Waals surface area contributed by atoms with Crippen molar-refractivity contribution in [3.8, 4) is 0 Å². The van der Waals surface area contributed by atoms with E-state index in [1.807, 2.05) is 19.1 Å². The molecule has 1 fully saturated rings. The fourth-order valence-corrected chi connectivity index (χ4v) is 3.95. The molecule has 2 N–H and O–H groups in total. The molecule has 1 saturated carbocycles. The van der Waals surface area contributed by atoms with E-state index in [1.54, 1.807) is 23.9 Å². The summed E-state index contributed by atoms with van der Waals surface area (Å²) in [4.78, 5) is 1.34. The Bertz CT molecular complexity index is 509. The van der Waals surface area contributed by atoms with Crippen LogP contribution in [0, 0.1) is 0 Å². The number of hydrogen-bond acceptors (Lipinski definition) is 4. The van der Waals surface area contributed by atoms with Crippen LogP contribution in [-0.4, -0.2) is 31.4 Å². The lowest BCUT2D eigenvalue weighted by molar-refractivity contribution is 0.289. The maximum atomic E-state index is 12.0. The van der Waals surface area contributed by atoms with Crippen LogP contribution in [0.2, 0.25) is 0 Å². The zero-order chi connectivity index (χ0) is 13.9. The van der Waals surface area contributed by atoms with Gasteiger partial charge in [0.1, 0.15) is 0 Å². The molecule has 1 aliphatic carbocycles. The Kier molecular flexibility index (Phi) is 4.89. The number of thioether (sulfide) groups is 1. The zero-order valence-electron chi connectivity index (χ0n) is 10.9. The van der Waals surface area contributed by atoms with Gasteiger partial charge in [-0.15, -0.1) is 11.8 Å². The van der Waals surface area contributed by atoms with Gasteiger partial charge < -0.3 is 5.11 Å². The molecule has 2 rings (SSSR count). The summed E-state index contributed by atoms with van der Waals surface area (Å²) in [7, 11) is -3.35. The van der Waals surface area contributed by atoms with Crippen molar-refractivity contribution in [2.45, 2.75) is 47.3 Å². The maximum absolute atomic E-state index is 12.0. The molecular formula is C13H19NO3S2. The highest BCUT2D eigenvalue weighted by atomic mass is 32.2. The third-order valence-corrected chi connectivity index (χ3v) is 5.62. The van der Waals surface area contributed by atoms with Gasteiger partial charge in [0.2, 0.25) is 10.0 Å². The van der Waals surface area contributed by atoms with Crippen molar-refractivity contribution >= 4 is 21.8 Å². The summed E-state index contributed by atoms with van der Waals surface area (Å²) in [5, 5.41) is 9.17. The molecule has 0 amide bonds. The van der Waals surface area contributed by atoms with Gasteiger partial charge in [-0.05, 0) is 43.5 Å². The molecule has 19 heavy (non-hydrogen) atoms. The van der Waals surface area contributed by atoms with E-state index in [0.29, 0.717) is 10.1 Å². The molecule has 1 atom stereocenters. The Morgan fingerprint density at radius 3 is 2.53 bits per heavy atom. The van der Waals surface area contributed by atoms with Crippen LogP contribution in [-0.2, 0) is 10.0 Å². The third-order valence-electron chi connectivity index (χ3n) is 2.91. The molecule has 0 radical (unpaired) electrons. The lowest BCUT2D eigenvalue weighted by atomic mass is 10.3. The molecule has 0 spiro atoms. The largest absolute Gasteiger partial charge is 0.396 e. The van der Waals surface area contributed by atoms with Crippen molar-refractivity contribution in [1.29, 1.82) is 0 Å². The monoisotopic (exact) mass is 301 g/mol. The average Bonchev–Trinajstić information content (AvgIpc) is 3.13. The van der Waals surface area contributed by atoms with E-state index in [1.165, 1.54) is 0 Å². The topological polar surface area (TPSA) is 66.4 Å². The molecule has 1 aromatic rings. The predicted octanol–water partition coefficient (Wildman–Crippen LogP) is 1.99. The molecule has 1 aromatic carbocycles. The molecule has 0 aromatic heterocycles. The van der Waals surface area contributed by atoms with Gasteiger partial charge in [-0.25, -0.2) is 13.1 Å². The van der Waals surface area contributed by atoms with Crippen LogP contribution < -0.4 is 4.72 Å². The Morgan fingerprint density at radius 2 is 2.00 bits per heavy atom. The lowest BCUT2D eigenvalue weighted by Crippen LogP contribution is -2.25. The maximum Gasteiger partial charge on any atom is 0.240 e. The molecule has 4 nitrogen and oxygen atoms in total. The Balaban J connectivity index is 2.01. The number of nitrogens with one attached hydrogen (secondary N) is 1. The van der Waals surface area contributed by atoms with Crippen LogP contribution in [0.25, 0.3) is 0 Å². The van der Waals surface area contributed by atoms with E-state index in [9.17, 15) is 8.42 Å². The summed E-state index contributed by atoms with van der Waals surface area (Å²) >= 11 is 1.64. The van der Waals surface area contributed by atoms with Crippen LogP contribution in [0.4, 0.5) is 0 Å². The smallest absolute Gasteiger partial charge is 0.240 e. The van der Waals surface area contributed by atoms with Gasteiger partial charge in [-0.1, -0.05) is 6.92 Å². The van der Waals surface area contributed by atoms with Crippen molar-refractivity contribution in [3.63, 3.8) is 0 Å². The summed E-state index contributed by atoms with van der Waals surface area (Å²) in [6.07, 6.45) is 2.60. The number of hydrogen-bond donors (Lipinski definition) is 2. The normalized spacial score (nSPS) is 17.4. The highest BCUT2D eigenvalue weighted by molar-refractivity contribution is 8.00. The minimum absolute atomic E-state index is 0.128. The van der Waals surface area contributed by atoms with Crippen molar-refractivity contribution in [1.82, 2.24) is 4.72 Å². The van der Waals surface area contributed by atoms with Crippen LogP contribution in [0.5, 0.6) is 0 Å². The molecule has 106 valence electrons. The molecule has 0 saturated heterocycles. The number of aliphatic hydroxyl groups is 1. The Hall–Kier alpha value is -0.560. The van der Waals surface area contributed by atoms with Crippen molar-refractivity contribution in [2.75, 3.05) is 6.61 Å². The van der Waals surface area contributed by atoms with Crippen molar-refractivity contribution in [3.05, 3.63) is 24.3 Å². The molecule has 0 aliphatic heterocycles. The fourth-order valence-electron chi connectivity index (χ4n) is 1.66. The first-order chi connectivity index (χ1) is 9.01. The molecule has 6 heteroatoms. The summed E-state index contributed by atoms with van der Waals surface area (Å²) < 4.78 is 26.6. The summed E-state index contributed by atoms with van der Waals surface area (Å²) in [6.45, 7) is 2.21. The first kappa shape index (κ1) is 14.8. The van der Waals surface area contributed by atoms with E-state index in [2.05, 4.69) is 4.72 Å². The molecule has 0 bridgehead atoms. The minimum atomic E-state index is -3.35. The minimum Gasteiger partial charge on any atom is -0.396 e. The van der Waals surface area contributed by atoms with Gasteiger partial charge in [-0.3, -0.25) is 0 Å². The van der Waals surface area contributed by atoms with Gasteiger partial charge in [0.25, 0.3) is 0 Å². The second-order valence-corrected chi connectivity index (χ2v) is 8.03. The zero-order valence-corrected chi connectivity index (χ0v) is 12.5. The number of aliphatic hydroxyl groups excluding tert-OH is 1. The average molecular weight is 301 g/mol. The van der Waals surface area contributed by atoms with Crippen molar-refractivity contribution in [2.24, 2.45) is 0 Å². The predicted molar refractivity (Wildman–Crippen MR) is 76.8 cm³/mol. The van der Waals surface area contributed by atoms with E-state index < -0.39 is 10.0 Å². The standard InChI is InChI=1S/C13H19NO3S2/c1-10(8-9-15)18-12-4-6-13(7-5-12)19(16,17)14-11-2-3-11/h4-7,10-11,14-15H,2-3,8-9H2,1H3. The lowest BCUT2D eigenvalue weighted by Gasteiger charge is -2.10. The fraction of sp³-hybridized carbons (Fsp3) is 0.538. The Labute approximate surface area is 118 Å².